The maximum atomic E-state index is 10.8. The number of nitrogens with zero attached hydrogens (tertiary/aromatic N) is 1. The Morgan fingerprint density at radius 3 is 2.73 bits per heavy atom. The smallest absolute Gasteiger partial charge is 0.371 e. The number of carbonyl (C=O) groups is 1. The summed E-state index contributed by atoms with van der Waals surface area (Å²) in [5.41, 5.74) is 1.99. The highest BCUT2D eigenvalue weighted by Crippen LogP contribution is 2.34. The standard InChI is InChI=1S/C11H16N2O2/c1-2-8-9(7-5-3-4-6-7)13-10(12-8)11(14)15/h7H,2-6H2,1H3,(H,12,13)(H,14,15). The molecule has 0 saturated heterocycles. The summed E-state index contributed by atoms with van der Waals surface area (Å²) in [7, 11) is 0. The number of aromatic carboxylic acids is 1. The molecule has 1 fully saturated rings. The van der Waals surface area contributed by atoms with Gasteiger partial charge < -0.3 is 10.1 Å². The molecule has 0 radical (unpaired) electrons. The Hall–Kier alpha value is -1.32. The highest BCUT2D eigenvalue weighted by atomic mass is 16.4. The summed E-state index contributed by atoms with van der Waals surface area (Å²) in [4.78, 5) is 17.9. The fraction of sp³-hybridized carbons (Fsp3) is 0.636. The number of carboxylic acid groups (broad SMARTS) is 1. The molecule has 2 rings (SSSR count). The molecule has 4 heteroatoms. The summed E-state index contributed by atoms with van der Waals surface area (Å²) in [5, 5.41) is 8.87. The van der Waals surface area contributed by atoms with Gasteiger partial charge in [-0.2, -0.15) is 0 Å². The quantitative estimate of drug-likeness (QED) is 0.801. The average Bonchev–Trinajstić information content (AvgIpc) is 2.86. The maximum Gasteiger partial charge on any atom is 0.371 e. The Morgan fingerprint density at radius 2 is 2.20 bits per heavy atom. The van der Waals surface area contributed by atoms with Crippen LogP contribution in [0.2, 0.25) is 0 Å². The van der Waals surface area contributed by atoms with Gasteiger partial charge in [-0.25, -0.2) is 9.78 Å². The van der Waals surface area contributed by atoms with Gasteiger partial charge in [0, 0.05) is 11.6 Å². The summed E-state index contributed by atoms with van der Waals surface area (Å²) in [5.74, 6) is -0.396. The van der Waals surface area contributed by atoms with E-state index in [0.29, 0.717) is 5.92 Å². The lowest BCUT2D eigenvalue weighted by atomic mass is 10.0. The van der Waals surface area contributed by atoms with E-state index in [2.05, 4.69) is 9.97 Å². The van der Waals surface area contributed by atoms with Crippen LogP contribution in [-0.4, -0.2) is 21.0 Å². The zero-order valence-electron chi connectivity index (χ0n) is 8.92. The molecule has 82 valence electrons. The van der Waals surface area contributed by atoms with Gasteiger partial charge in [0.25, 0.3) is 0 Å². The van der Waals surface area contributed by atoms with Crippen LogP contribution < -0.4 is 0 Å². The normalized spacial score (nSPS) is 17.1. The zero-order valence-corrected chi connectivity index (χ0v) is 8.92. The molecule has 15 heavy (non-hydrogen) atoms. The van der Waals surface area contributed by atoms with Crippen molar-refractivity contribution in [2.24, 2.45) is 0 Å². The first-order valence-electron chi connectivity index (χ1n) is 5.54. The Morgan fingerprint density at radius 1 is 1.53 bits per heavy atom. The Kier molecular flexibility index (Phi) is 2.75. The molecule has 1 aliphatic rings. The van der Waals surface area contributed by atoms with Gasteiger partial charge in [-0.1, -0.05) is 19.8 Å². The van der Waals surface area contributed by atoms with Crippen LogP contribution in [-0.2, 0) is 6.42 Å². The third-order valence-electron chi connectivity index (χ3n) is 3.11. The van der Waals surface area contributed by atoms with Crippen molar-refractivity contribution in [3.8, 4) is 0 Å². The lowest BCUT2D eigenvalue weighted by Crippen LogP contribution is -2.00. The van der Waals surface area contributed by atoms with E-state index in [0.717, 1.165) is 30.7 Å². The van der Waals surface area contributed by atoms with E-state index in [4.69, 9.17) is 5.11 Å². The van der Waals surface area contributed by atoms with Crippen molar-refractivity contribution in [1.82, 2.24) is 9.97 Å². The van der Waals surface area contributed by atoms with E-state index in [1.807, 2.05) is 6.92 Å². The van der Waals surface area contributed by atoms with Crippen molar-refractivity contribution in [3.05, 3.63) is 17.2 Å². The number of imidazole rings is 1. The second-order valence-electron chi connectivity index (χ2n) is 4.09. The number of carboxylic acids is 1. The van der Waals surface area contributed by atoms with Crippen LogP contribution in [0, 0.1) is 0 Å². The average molecular weight is 208 g/mol. The molecule has 0 atom stereocenters. The predicted molar refractivity (Wildman–Crippen MR) is 56.1 cm³/mol. The fourth-order valence-corrected chi connectivity index (χ4v) is 2.33. The van der Waals surface area contributed by atoms with E-state index in [1.54, 1.807) is 0 Å². The van der Waals surface area contributed by atoms with Crippen molar-refractivity contribution in [3.63, 3.8) is 0 Å². The van der Waals surface area contributed by atoms with E-state index in [9.17, 15) is 4.79 Å². The molecule has 1 aliphatic carbocycles. The Balaban J connectivity index is 2.31. The van der Waals surface area contributed by atoms with Crippen LogP contribution >= 0.6 is 0 Å². The fourth-order valence-electron chi connectivity index (χ4n) is 2.33. The molecule has 4 nitrogen and oxygen atoms in total. The highest BCUT2D eigenvalue weighted by Gasteiger charge is 2.24. The summed E-state index contributed by atoms with van der Waals surface area (Å²) in [6, 6.07) is 0. The first-order chi connectivity index (χ1) is 7.22. The van der Waals surface area contributed by atoms with Gasteiger partial charge in [-0.3, -0.25) is 0 Å². The molecule has 2 N–H and O–H groups in total. The minimum Gasteiger partial charge on any atom is -0.475 e. The molecule has 0 unspecified atom stereocenters. The minimum atomic E-state index is -0.964. The number of aromatic amines is 1. The summed E-state index contributed by atoms with van der Waals surface area (Å²) >= 11 is 0. The number of aromatic nitrogens is 2. The summed E-state index contributed by atoms with van der Waals surface area (Å²) in [6.07, 6.45) is 5.60. The van der Waals surface area contributed by atoms with E-state index >= 15 is 0 Å². The van der Waals surface area contributed by atoms with Crippen LogP contribution in [0.3, 0.4) is 0 Å². The molecule has 1 aromatic rings. The number of rotatable bonds is 3. The van der Waals surface area contributed by atoms with Crippen molar-refractivity contribution in [2.75, 3.05) is 0 Å². The van der Waals surface area contributed by atoms with Crippen molar-refractivity contribution in [1.29, 1.82) is 0 Å². The maximum absolute atomic E-state index is 10.8. The molecule has 0 spiro atoms. The lowest BCUT2D eigenvalue weighted by Gasteiger charge is -2.06. The van der Waals surface area contributed by atoms with Crippen LogP contribution in [0.5, 0.6) is 0 Å². The van der Waals surface area contributed by atoms with Crippen molar-refractivity contribution in [2.45, 2.75) is 44.9 Å². The number of nitrogens with one attached hydrogen (secondary N) is 1. The van der Waals surface area contributed by atoms with E-state index < -0.39 is 5.97 Å². The van der Waals surface area contributed by atoms with Crippen molar-refractivity contribution >= 4 is 5.97 Å². The van der Waals surface area contributed by atoms with Gasteiger partial charge in [-0.15, -0.1) is 0 Å². The first kappa shape index (κ1) is 10.2. The Labute approximate surface area is 88.7 Å². The second kappa shape index (κ2) is 4.04. The van der Waals surface area contributed by atoms with Crippen LogP contribution in [0.1, 0.15) is 60.5 Å². The van der Waals surface area contributed by atoms with E-state index in [-0.39, 0.29) is 5.82 Å². The SMILES string of the molecule is CCc1[nH]c(C(=O)O)nc1C1CCCC1. The summed E-state index contributed by atoms with van der Waals surface area (Å²) in [6.45, 7) is 2.03. The van der Waals surface area contributed by atoms with Crippen LogP contribution in [0.4, 0.5) is 0 Å². The summed E-state index contributed by atoms with van der Waals surface area (Å²) < 4.78 is 0. The molecular formula is C11H16N2O2. The van der Waals surface area contributed by atoms with Crippen LogP contribution in [0.25, 0.3) is 0 Å². The predicted octanol–water partition coefficient (Wildman–Crippen LogP) is 2.33. The van der Waals surface area contributed by atoms with Crippen LogP contribution in [0.15, 0.2) is 0 Å². The molecular weight excluding hydrogens is 192 g/mol. The zero-order chi connectivity index (χ0) is 10.8. The number of aryl methyl sites for hydroxylation is 1. The van der Waals surface area contributed by atoms with Gasteiger partial charge in [0.05, 0.1) is 5.69 Å². The lowest BCUT2D eigenvalue weighted by molar-refractivity contribution is 0.0684. The number of H-pyrrole nitrogens is 1. The highest BCUT2D eigenvalue weighted by molar-refractivity contribution is 5.83. The molecule has 1 heterocycles. The van der Waals surface area contributed by atoms with Crippen molar-refractivity contribution < 1.29 is 9.90 Å². The van der Waals surface area contributed by atoms with Gasteiger partial charge >= 0.3 is 5.97 Å². The molecule has 1 aromatic heterocycles. The molecule has 0 aliphatic heterocycles. The van der Waals surface area contributed by atoms with Gasteiger partial charge in [0.2, 0.25) is 5.82 Å². The number of hydrogen-bond donors (Lipinski definition) is 2. The second-order valence-corrected chi connectivity index (χ2v) is 4.09. The third kappa shape index (κ3) is 1.89. The molecule has 1 saturated carbocycles. The minimum absolute atomic E-state index is 0.0914. The molecule has 0 bridgehead atoms. The van der Waals surface area contributed by atoms with Gasteiger partial charge in [-0.05, 0) is 19.3 Å². The molecule has 0 amide bonds. The Bertz CT molecular complexity index is 365. The number of hydrogen-bond acceptors (Lipinski definition) is 2. The molecule has 0 aromatic carbocycles. The van der Waals surface area contributed by atoms with E-state index in [1.165, 1.54) is 12.8 Å². The monoisotopic (exact) mass is 208 g/mol. The third-order valence-corrected chi connectivity index (χ3v) is 3.11. The van der Waals surface area contributed by atoms with Gasteiger partial charge in [0.1, 0.15) is 0 Å². The first-order valence-corrected chi connectivity index (χ1v) is 5.54. The van der Waals surface area contributed by atoms with Gasteiger partial charge in [0.15, 0.2) is 0 Å². The topological polar surface area (TPSA) is 66.0 Å². The largest absolute Gasteiger partial charge is 0.475 e.